The van der Waals surface area contributed by atoms with Gasteiger partial charge in [-0.05, 0) is 12.8 Å². The van der Waals surface area contributed by atoms with E-state index < -0.39 is 43.7 Å². The number of piperazine rings is 1. The highest BCUT2D eigenvalue weighted by atomic mass is 31.2. The molecule has 0 spiro atoms. The van der Waals surface area contributed by atoms with Crippen molar-refractivity contribution in [2.24, 2.45) is 0 Å². The van der Waals surface area contributed by atoms with Crippen LogP contribution in [0.25, 0.3) is 11.4 Å². The fourth-order valence-corrected chi connectivity index (χ4v) is 6.35. The number of amides is 3. The monoisotopic (exact) mass is 690 g/mol. The van der Waals surface area contributed by atoms with E-state index in [1.165, 1.54) is 15.9 Å². The Morgan fingerprint density at radius 2 is 1.73 bits per heavy atom. The first-order valence-electron chi connectivity index (χ1n) is 15.8. The number of rotatable bonds is 14. The lowest BCUT2D eigenvalue weighted by atomic mass is 10.2. The van der Waals surface area contributed by atoms with Gasteiger partial charge in [-0.1, -0.05) is 48.4 Å². The van der Waals surface area contributed by atoms with E-state index >= 15 is 0 Å². The number of benzene rings is 1. The number of aromatic nitrogens is 2. The van der Waals surface area contributed by atoms with Crippen LogP contribution in [-0.4, -0.2) is 122 Å². The molecule has 1 aromatic carbocycles. The lowest BCUT2D eigenvalue weighted by molar-refractivity contribution is -0.215. The molecule has 2 aliphatic rings. The van der Waals surface area contributed by atoms with Gasteiger partial charge in [-0.2, -0.15) is 0 Å². The molecule has 1 N–H and O–H groups in total. The van der Waals surface area contributed by atoms with Crippen molar-refractivity contribution in [1.82, 2.24) is 25.1 Å². The van der Waals surface area contributed by atoms with Gasteiger partial charge in [0.15, 0.2) is 5.82 Å². The summed E-state index contributed by atoms with van der Waals surface area (Å²) >= 11 is 0. The Bertz CT molecular complexity index is 1470. The number of methoxy groups -OCH3 is 1. The molecule has 0 radical (unpaired) electrons. The molecule has 0 saturated carbocycles. The summed E-state index contributed by atoms with van der Waals surface area (Å²) in [6.45, 7) is 5.18. The highest BCUT2D eigenvalue weighted by Gasteiger charge is 2.39. The highest BCUT2D eigenvalue weighted by Crippen LogP contribution is 2.48. The largest absolute Gasteiger partial charge is 0.449 e. The van der Waals surface area contributed by atoms with E-state index in [4.69, 9.17) is 23.7 Å². The summed E-state index contributed by atoms with van der Waals surface area (Å²) in [5.74, 6) is -1.44. The quantitative estimate of drug-likeness (QED) is 0.133. The first kappa shape index (κ1) is 36.7. The molecule has 16 nitrogen and oxygen atoms in total. The second-order valence-corrected chi connectivity index (χ2v) is 13.4. The average Bonchev–Trinajstić information content (AvgIpc) is 3.60. The van der Waals surface area contributed by atoms with Gasteiger partial charge in [-0.25, -0.2) is 19.6 Å². The number of nitrogens with zero attached hydrogens (tertiary/aromatic N) is 5. The number of ether oxygens (including phenoxy) is 2. The van der Waals surface area contributed by atoms with E-state index in [-0.39, 0.29) is 38.0 Å². The summed E-state index contributed by atoms with van der Waals surface area (Å²) in [6, 6.07) is 9.20. The Morgan fingerprint density at radius 3 is 2.35 bits per heavy atom. The normalized spacial score (nSPS) is 18.2. The lowest BCUT2D eigenvalue weighted by Gasteiger charge is -2.36. The Balaban J connectivity index is 1.59. The van der Waals surface area contributed by atoms with Gasteiger partial charge in [0, 0.05) is 72.0 Å². The minimum atomic E-state index is -4.25. The minimum absolute atomic E-state index is 0.00140. The maximum absolute atomic E-state index is 13.9. The zero-order chi connectivity index (χ0) is 34.7. The summed E-state index contributed by atoms with van der Waals surface area (Å²) in [6.07, 6.45) is 1.27. The van der Waals surface area contributed by atoms with Crippen LogP contribution in [0.3, 0.4) is 0 Å². The smallest absolute Gasteiger partial charge is 0.409 e. The van der Waals surface area contributed by atoms with Gasteiger partial charge < -0.3 is 34.0 Å². The van der Waals surface area contributed by atoms with Gasteiger partial charge in [0.1, 0.15) is 17.6 Å². The van der Waals surface area contributed by atoms with E-state index in [1.807, 2.05) is 42.2 Å². The SMILES string of the molecule is CCCCOC(=O)N1CCN(C(=O)[C@H](CP(=O)(OC)OOC(C)=O)NC(=O)c2cc(N3CC[C@H](OC)C3)nc(-c3ccccc3)n2)CC1. The number of hydrogen-bond donors (Lipinski definition) is 1. The van der Waals surface area contributed by atoms with Crippen LogP contribution in [0.1, 0.15) is 43.6 Å². The van der Waals surface area contributed by atoms with E-state index in [1.54, 1.807) is 7.11 Å². The molecular formula is C31H43N6O10P. The molecule has 2 saturated heterocycles. The van der Waals surface area contributed by atoms with Crippen LogP contribution in [-0.2, 0) is 37.7 Å². The third kappa shape index (κ3) is 9.95. The van der Waals surface area contributed by atoms with E-state index in [0.29, 0.717) is 36.9 Å². The van der Waals surface area contributed by atoms with Crippen molar-refractivity contribution < 1.29 is 47.3 Å². The van der Waals surface area contributed by atoms with Crippen LogP contribution in [0.4, 0.5) is 10.6 Å². The van der Waals surface area contributed by atoms with Crippen LogP contribution in [0, 0.1) is 0 Å². The van der Waals surface area contributed by atoms with Crippen LogP contribution in [0.2, 0.25) is 0 Å². The maximum atomic E-state index is 13.9. The van der Waals surface area contributed by atoms with Crippen molar-refractivity contribution in [2.75, 3.05) is 71.2 Å². The topological polar surface area (TPSA) is 179 Å². The molecule has 4 rings (SSSR count). The standard InChI is InChI=1S/C31H43N6O10P/c1-5-6-18-45-31(41)36-16-14-35(15-17-36)30(40)26(21-48(42,44-4)47-46-22(2)38)33-29(39)25-19-27(37-13-12-24(20-37)43-3)34-28(32-25)23-10-8-7-9-11-23/h7-11,19,24,26H,5-6,12-18,20-21H2,1-4H3,(H,33,39)/t24-,26-,48?/m0/s1. The lowest BCUT2D eigenvalue weighted by Crippen LogP contribution is -2.57. The van der Waals surface area contributed by atoms with Crippen LogP contribution < -0.4 is 10.2 Å². The number of carbonyl (C=O) groups excluding carboxylic acids is 4. The molecule has 48 heavy (non-hydrogen) atoms. The van der Waals surface area contributed by atoms with E-state index in [9.17, 15) is 23.7 Å². The molecule has 3 atom stereocenters. The van der Waals surface area contributed by atoms with Crippen molar-refractivity contribution in [2.45, 2.75) is 45.3 Å². The Kier molecular flexibility index (Phi) is 13.3. The molecule has 17 heteroatoms. The van der Waals surface area contributed by atoms with Crippen LogP contribution in [0.15, 0.2) is 36.4 Å². The maximum Gasteiger partial charge on any atom is 0.409 e. The zero-order valence-electron chi connectivity index (χ0n) is 27.7. The molecule has 0 aliphatic carbocycles. The van der Waals surface area contributed by atoms with Crippen molar-refractivity contribution in [3.8, 4) is 11.4 Å². The summed E-state index contributed by atoms with van der Waals surface area (Å²) in [5.41, 5.74) is 0.638. The van der Waals surface area contributed by atoms with Crippen molar-refractivity contribution in [1.29, 1.82) is 0 Å². The molecule has 1 unspecified atom stereocenters. The van der Waals surface area contributed by atoms with Crippen LogP contribution in [0.5, 0.6) is 0 Å². The molecular weight excluding hydrogens is 647 g/mol. The second kappa shape index (κ2) is 17.3. The fourth-order valence-electron chi connectivity index (χ4n) is 5.17. The number of anilines is 1. The van der Waals surface area contributed by atoms with Gasteiger partial charge in [0.2, 0.25) is 5.91 Å². The second-order valence-electron chi connectivity index (χ2n) is 11.3. The van der Waals surface area contributed by atoms with E-state index in [2.05, 4.69) is 15.2 Å². The summed E-state index contributed by atoms with van der Waals surface area (Å²) < 4.78 is 34.1. The predicted octanol–water partition coefficient (Wildman–Crippen LogP) is 2.88. The minimum Gasteiger partial charge on any atom is -0.449 e. The average molecular weight is 691 g/mol. The predicted molar refractivity (Wildman–Crippen MR) is 173 cm³/mol. The van der Waals surface area contributed by atoms with E-state index in [0.717, 1.165) is 33.3 Å². The van der Waals surface area contributed by atoms with Gasteiger partial charge in [-0.3, -0.25) is 19.0 Å². The molecule has 262 valence electrons. The van der Waals surface area contributed by atoms with Crippen molar-refractivity contribution in [3.63, 3.8) is 0 Å². The number of hydrogen-bond acceptors (Lipinski definition) is 13. The van der Waals surface area contributed by atoms with Gasteiger partial charge in [0.05, 0.1) is 18.9 Å². The Labute approximate surface area is 279 Å². The van der Waals surface area contributed by atoms with Gasteiger partial charge in [-0.15, -0.1) is 0 Å². The van der Waals surface area contributed by atoms with Crippen LogP contribution >= 0.6 is 7.60 Å². The number of carbonyl (C=O) groups is 4. The molecule has 2 fully saturated rings. The highest BCUT2D eigenvalue weighted by molar-refractivity contribution is 7.53. The Morgan fingerprint density at radius 1 is 1.02 bits per heavy atom. The number of nitrogens with one attached hydrogen (secondary N) is 1. The summed E-state index contributed by atoms with van der Waals surface area (Å²) in [4.78, 5) is 70.2. The summed E-state index contributed by atoms with van der Waals surface area (Å²) in [5, 5.41) is 2.65. The fraction of sp³-hybridized carbons (Fsp3) is 0.548. The molecule has 0 bridgehead atoms. The van der Waals surface area contributed by atoms with Gasteiger partial charge in [0.25, 0.3) is 5.91 Å². The molecule has 2 aromatic rings. The zero-order valence-corrected chi connectivity index (χ0v) is 28.6. The molecule has 3 amide bonds. The summed E-state index contributed by atoms with van der Waals surface area (Å²) in [7, 11) is -1.53. The molecule has 3 heterocycles. The first-order valence-corrected chi connectivity index (χ1v) is 17.5. The van der Waals surface area contributed by atoms with Crippen molar-refractivity contribution in [3.05, 3.63) is 42.1 Å². The molecule has 2 aliphatic heterocycles. The number of unbranched alkanes of at least 4 members (excludes halogenated alkanes) is 1. The first-order chi connectivity index (χ1) is 23.1. The van der Waals surface area contributed by atoms with Crippen molar-refractivity contribution >= 4 is 37.3 Å². The molecule has 1 aromatic heterocycles. The third-order valence-electron chi connectivity index (χ3n) is 7.91. The van der Waals surface area contributed by atoms with Gasteiger partial charge >= 0.3 is 19.7 Å². The third-order valence-corrected chi connectivity index (χ3v) is 9.58. The Hall–Kier alpha value is -4.11.